The Kier molecular flexibility index (Phi) is 12.5. The molecule has 9 heteroatoms. The number of likely N-dealkylation sites (N-methyl/N-ethyl adjacent to an activating group) is 2. The van der Waals surface area contributed by atoms with Crippen molar-refractivity contribution in [3.8, 4) is 0 Å². The van der Waals surface area contributed by atoms with E-state index in [1.54, 1.807) is 13.8 Å². The molecule has 28 heavy (non-hydrogen) atoms. The molecule has 0 aromatic carbocycles. The first-order valence-electron chi connectivity index (χ1n) is 9.47. The Bertz CT molecular complexity index is 431. The van der Waals surface area contributed by atoms with Crippen LogP contribution in [0.5, 0.6) is 0 Å². The van der Waals surface area contributed by atoms with E-state index in [-0.39, 0.29) is 24.6 Å². The van der Waals surface area contributed by atoms with Crippen LogP contribution < -0.4 is 0 Å². The second kappa shape index (κ2) is 12.8. The zero-order valence-corrected chi connectivity index (χ0v) is 18.7. The van der Waals surface area contributed by atoms with Crippen LogP contribution in [0.2, 0.25) is 0 Å². The van der Waals surface area contributed by atoms with Crippen molar-refractivity contribution < 1.29 is 34.0 Å². The average molecular weight is 409 g/mol. The summed E-state index contributed by atoms with van der Waals surface area (Å²) in [6.45, 7) is 9.87. The summed E-state index contributed by atoms with van der Waals surface area (Å²) in [5.41, 5.74) is 0. The molecule has 0 spiro atoms. The number of carbonyl (C=O) groups excluding carboxylic acids is 1. The molecule has 3 atom stereocenters. The first kappa shape index (κ1) is 27.4. The fourth-order valence-electron chi connectivity index (χ4n) is 2.52. The molecule has 2 fully saturated rings. The smallest absolute Gasteiger partial charge is 0.163 e. The molecule has 0 bridgehead atoms. The molecule has 0 radical (unpaired) electrons. The highest BCUT2D eigenvalue weighted by Gasteiger charge is 2.33. The Balaban J connectivity index is 0.000000397. The van der Waals surface area contributed by atoms with Crippen molar-refractivity contribution in [1.82, 2.24) is 9.80 Å². The van der Waals surface area contributed by atoms with Crippen LogP contribution in [0.3, 0.4) is 0 Å². The summed E-state index contributed by atoms with van der Waals surface area (Å²) in [5.74, 6) is -0.938. The van der Waals surface area contributed by atoms with E-state index >= 15 is 0 Å². The SMILES string of the molecule is CC1(C)OC[C@@H](C=O)O1.CN(C)C[C@@H](O)CO.CN(C)C[C@@H]1COC(C)(C)O1. The predicted molar refractivity (Wildman–Crippen MR) is 106 cm³/mol. The van der Waals surface area contributed by atoms with E-state index in [0.717, 1.165) is 12.8 Å². The topological polar surface area (TPSA) is 101 Å². The number of carbonyl (C=O) groups is 1. The second-order valence-corrected chi connectivity index (χ2v) is 8.31. The quantitative estimate of drug-likeness (QED) is 0.585. The van der Waals surface area contributed by atoms with Gasteiger partial charge in [-0.2, -0.15) is 0 Å². The van der Waals surface area contributed by atoms with Gasteiger partial charge in [0, 0.05) is 13.1 Å². The third-order valence-corrected chi connectivity index (χ3v) is 3.60. The number of hydrogen-bond acceptors (Lipinski definition) is 9. The summed E-state index contributed by atoms with van der Waals surface area (Å²) >= 11 is 0. The molecule has 2 rings (SSSR count). The van der Waals surface area contributed by atoms with Gasteiger partial charge in [-0.3, -0.25) is 0 Å². The van der Waals surface area contributed by atoms with Gasteiger partial charge >= 0.3 is 0 Å². The molecule has 2 N–H and O–H groups in total. The number of aliphatic hydroxyl groups excluding tert-OH is 2. The maximum absolute atomic E-state index is 10.1. The second-order valence-electron chi connectivity index (χ2n) is 8.31. The summed E-state index contributed by atoms with van der Waals surface area (Å²) in [4.78, 5) is 14.0. The number of ether oxygens (including phenoxy) is 4. The Hall–Kier alpha value is -0.650. The van der Waals surface area contributed by atoms with E-state index in [0.29, 0.717) is 19.8 Å². The van der Waals surface area contributed by atoms with Gasteiger partial charge < -0.3 is 43.8 Å². The predicted octanol–water partition coefficient (Wildman–Crippen LogP) is -0.0625. The Morgan fingerprint density at radius 3 is 1.79 bits per heavy atom. The van der Waals surface area contributed by atoms with Gasteiger partial charge in [-0.05, 0) is 55.9 Å². The van der Waals surface area contributed by atoms with E-state index in [1.165, 1.54) is 0 Å². The van der Waals surface area contributed by atoms with E-state index in [1.807, 2.05) is 46.9 Å². The van der Waals surface area contributed by atoms with Gasteiger partial charge in [0.15, 0.2) is 17.9 Å². The monoisotopic (exact) mass is 408 g/mol. The first-order valence-corrected chi connectivity index (χ1v) is 9.47. The van der Waals surface area contributed by atoms with Crippen LogP contribution in [0.4, 0.5) is 0 Å². The number of nitrogens with zero attached hydrogens (tertiary/aromatic N) is 2. The van der Waals surface area contributed by atoms with Gasteiger partial charge in [0.25, 0.3) is 0 Å². The van der Waals surface area contributed by atoms with Crippen LogP contribution in [-0.2, 0) is 23.7 Å². The number of aldehydes is 1. The number of aliphatic hydroxyl groups is 2. The Morgan fingerprint density at radius 1 is 1.00 bits per heavy atom. The van der Waals surface area contributed by atoms with Gasteiger partial charge in [0.05, 0.1) is 32.0 Å². The van der Waals surface area contributed by atoms with Crippen LogP contribution >= 0.6 is 0 Å². The van der Waals surface area contributed by atoms with Crippen molar-refractivity contribution in [3.05, 3.63) is 0 Å². The lowest BCUT2D eigenvalue weighted by molar-refractivity contribution is -0.145. The van der Waals surface area contributed by atoms with Crippen LogP contribution in [0, 0.1) is 0 Å². The standard InChI is InChI=1S/C8H17NO2.C6H10O3.C5H13NO2/c1-8(2)10-6-7(11-8)5-9(3)4;1-6(2)8-4-5(3-7)9-6;1-6(2)3-5(8)4-7/h7H,5-6H2,1-4H3;3,5H,4H2,1-2H3;5,7-8H,3-4H2,1-2H3/t7-;2*5-/m111/s1. The normalized spacial score (nSPS) is 26.3. The summed E-state index contributed by atoms with van der Waals surface area (Å²) in [7, 11) is 7.76. The maximum Gasteiger partial charge on any atom is 0.163 e. The molecule has 168 valence electrons. The van der Waals surface area contributed by atoms with E-state index < -0.39 is 11.9 Å². The average Bonchev–Trinajstić information content (AvgIpc) is 3.08. The number of rotatable bonds is 6. The van der Waals surface area contributed by atoms with Crippen molar-refractivity contribution in [3.63, 3.8) is 0 Å². The van der Waals surface area contributed by atoms with Gasteiger partial charge in [-0.1, -0.05) is 0 Å². The fourth-order valence-corrected chi connectivity index (χ4v) is 2.52. The van der Waals surface area contributed by atoms with Gasteiger partial charge in [-0.25, -0.2) is 0 Å². The van der Waals surface area contributed by atoms with Crippen molar-refractivity contribution in [1.29, 1.82) is 0 Å². The molecular formula is C19H40N2O7. The third kappa shape index (κ3) is 13.5. The molecule has 2 aliphatic heterocycles. The summed E-state index contributed by atoms with van der Waals surface area (Å²) in [6.07, 6.45) is 0.0411. The molecule has 0 saturated carbocycles. The van der Waals surface area contributed by atoms with Gasteiger partial charge in [0.1, 0.15) is 6.10 Å². The number of hydrogen-bond donors (Lipinski definition) is 2. The lowest BCUT2D eigenvalue weighted by Gasteiger charge is -2.18. The highest BCUT2D eigenvalue weighted by Crippen LogP contribution is 2.22. The third-order valence-electron chi connectivity index (χ3n) is 3.60. The molecule has 0 aromatic heterocycles. The molecule has 9 nitrogen and oxygen atoms in total. The molecule has 2 aliphatic rings. The van der Waals surface area contributed by atoms with Crippen molar-refractivity contribution in [2.45, 2.75) is 57.6 Å². The molecular weight excluding hydrogens is 368 g/mol. The highest BCUT2D eigenvalue weighted by atomic mass is 16.7. The largest absolute Gasteiger partial charge is 0.394 e. The minimum atomic E-state index is -0.593. The zero-order valence-electron chi connectivity index (χ0n) is 18.7. The lowest BCUT2D eigenvalue weighted by Crippen LogP contribution is -2.29. The van der Waals surface area contributed by atoms with Crippen LogP contribution in [0.25, 0.3) is 0 Å². The van der Waals surface area contributed by atoms with Crippen molar-refractivity contribution in [2.75, 3.05) is 61.1 Å². The summed E-state index contributed by atoms with van der Waals surface area (Å²) < 4.78 is 21.2. The molecule has 2 heterocycles. The van der Waals surface area contributed by atoms with E-state index in [2.05, 4.69) is 4.90 Å². The van der Waals surface area contributed by atoms with Crippen molar-refractivity contribution in [2.24, 2.45) is 0 Å². The van der Waals surface area contributed by atoms with Crippen LogP contribution in [-0.4, -0.2) is 117 Å². The van der Waals surface area contributed by atoms with E-state index in [4.69, 9.17) is 29.2 Å². The van der Waals surface area contributed by atoms with E-state index in [9.17, 15) is 4.79 Å². The first-order chi connectivity index (χ1) is 12.8. The van der Waals surface area contributed by atoms with Crippen molar-refractivity contribution >= 4 is 6.29 Å². The minimum Gasteiger partial charge on any atom is -0.394 e. The van der Waals surface area contributed by atoms with Gasteiger partial charge in [0.2, 0.25) is 0 Å². The summed E-state index contributed by atoms with van der Waals surface area (Å²) in [6, 6.07) is 0. The minimum absolute atomic E-state index is 0.155. The Morgan fingerprint density at radius 2 is 1.54 bits per heavy atom. The maximum atomic E-state index is 10.1. The van der Waals surface area contributed by atoms with Crippen LogP contribution in [0.1, 0.15) is 27.7 Å². The summed E-state index contributed by atoms with van der Waals surface area (Å²) in [5, 5.41) is 17.0. The molecule has 0 aromatic rings. The molecule has 0 unspecified atom stereocenters. The molecule has 0 aliphatic carbocycles. The fraction of sp³-hybridized carbons (Fsp3) is 0.947. The van der Waals surface area contributed by atoms with Crippen LogP contribution in [0.15, 0.2) is 0 Å². The highest BCUT2D eigenvalue weighted by molar-refractivity contribution is 5.56. The van der Waals surface area contributed by atoms with Gasteiger partial charge in [-0.15, -0.1) is 0 Å². The molecule has 0 amide bonds. The molecule has 2 saturated heterocycles. The Labute approximate surface area is 169 Å². The lowest BCUT2D eigenvalue weighted by atomic mass is 10.3. The zero-order chi connectivity index (χ0) is 22.0.